The van der Waals surface area contributed by atoms with E-state index in [1.165, 1.54) is 0 Å². The summed E-state index contributed by atoms with van der Waals surface area (Å²) < 4.78 is 11.9. The first-order chi connectivity index (χ1) is 8.02. The fourth-order valence-electron chi connectivity index (χ4n) is 1.66. The Labute approximate surface area is 115 Å². The van der Waals surface area contributed by atoms with Gasteiger partial charge in [0.15, 0.2) is 16.6 Å². The predicted octanol–water partition coefficient (Wildman–Crippen LogP) is 3.61. The molecule has 3 nitrogen and oxygen atoms in total. The van der Waals surface area contributed by atoms with E-state index in [4.69, 9.17) is 14.0 Å². The highest BCUT2D eigenvalue weighted by Gasteiger charge is 2.41. The summed E-state index contributed by atoms with van der Waals surface area (Å²) in [6, 6.07) is 1.13. The van der Waals surface area contributed by atoms with Crippen LogP contribution in [0.15, 0.2) is 0 Å². The highest BCUT2D eigenvalue weighted by atomic mass is 28.4. The van der Waals surface area contributed by atoms with Crippen LogP contribution in [-0.2, 0) is 8.85 Å². The molecule has 110 valence electrons. The standard InChI is InChI=1S/C13H32O3Si2/c1-13(2,3)18(6,7)16-17(4,5)12-8-10-15-11-9-14/h14H,8-12H2,1-7H3. The third kappa shape index (κ3) is 7.04. The highest BCUT2D eigenvalue weighted by molar-refractivity contribution is 6.86. The second kappa shape index (κ2) is 7.19. The summed E-state index contributed by atoms with van der Waals surface area (Å²) in [5.41, 5.74) is 0. The largest absolute Gasteiger partial charge is 0.455 e. The lowest BCUT2D eigenvalue weighted by Gasteiger charge is -2.42. The van der Waals surface area contributed by atoms with Gasteiger partial charge in [-0.3, -0.25) is 0 Å². The molecule has 0 spiro atoms. The summed E-state index contributed by atoms with van der Waals surface area (Å²) >= 11 is 0. The molecule has 0 fully saturated rings. The number of aliphatic hydroxyl groups excluding tert-OH is 1. The molecule has 0 aromatic rings. The molecule has 0 aromatic heterocycles. The molecule has 0 atom stereocenters. The van der Waals surface area contributed by atoms with Crippen LogP contribution in [0.3, 0.4) is 0 Å². The molecule has 0 aromatic carbocycles. The first kappa shape index (κ1) is 18.3. The minimum Gasteiger partial charge on any atom is -0.455 e. The summed E-state index contributed by atoms with van der Waals surface area (Å²) in [7, 11) is -3.22. The van der Waals surface area contributed by atoms with Gasteiger partial charge in [0.25, 0.3) is 0 Å². The van der Waals surface area contributed by atoms with Crippen molar-refractivity contribution in [2.75, 3.05) is 19.8 Å². The molecular weight excluding hydrogens is 260 g/mol. The first-order valence-corrected chi connectivity index (χ1v) is 12.9. The van der Waals surface area contributed by atoms with Gasteiger partial charge in [0, 0.05) is 6.61 Å². The van der Waals surface area contributed by atoms with Gasteiger partial charge < -0.3 is 14.0 Å². The molecule has 18 heavy (non-hydrogen) atoms. The van der Waals surface area contributed by atoms with Crippen molar-refractivity contribution in [3.05, 3.63) is 0 Å². The van der Waals surface area contributed by atoms with Crippen LogP contribution in [0.5, 0.6) is 0 Å². The van der Waals surface area contributed by atoms with Gasteiger partial charge in [0.1, 0.15) is 0 Å². The van der Waals surface area contributed by atoms with E-state index in [9.17, 15) is 0 Å². The number of aliphatic hydroxyl groups is 1. The maximum Gasteiger partial charge on any atom is 0.178 e. The molecule has 0 aliphatic heterocycles. The lowest BCUT2D eigenvalue weighted by molar-refractivity contribution is 0.0924. The van der Waals surface area contributed by atoms with Crippen molar-refractivity contribution in [2.45, 2.75) is 64.5 Å². The molecule has 1 N–H and O–H groups in total. The van der Waals surface area contributed by atoms with Crippen LogP contribution in [0.4, 0.5) is 0 Å². The molecule has 0 heterocycles. The normalized spacial score (nSPS) is 14.0. The third-order valence-electron chi connectivity index (χ3n) is 3.64. The zero-order valence-electron chi connectivity index (χ0n) is 13.3. The average molecular weight is 293 g/mol. The molecule has 0 rings (SSSR count). The summed E-state index contributed by atoms with van der Waals surface area (Å²) in [5.74, 6) is 0. The fourth-order valence-corrected chi connectivity index (χ4v) is 9.82. The third-order valence-corrected chi connectivity index (χ3v) is 13.1. The van der Waals surface area contributed by atoms with Crippen molar-refractivity contribution < 1.29 is 14.0 Å². The lowest BCUT2D eigenvalue weighted by Crippen LogP contribution is -2.49. The second-order valence-electron chi connectivity index (χ2n) is 7.06. The van der Waals surface area contributed by atoms with Crippen LogP contribution in [-0.4, -0.2) is 41.6 Å². The van der Waals surface area contributed by atoms with Gasteiger partial charge in [0.05, 0.1) is 13.2 Å². The number of ether oxygens (including phenoxy) is 1. The SMILES string of the molecule is CC(C)(C)[Si](C)(C)O[Si](C)(C)CCCOCCO. The van der Waals surface area contributed by atoms with Crippen LogP contribution in [0.1, 0.15) is 27.2 Å². The van der Waals surface area contributed by atoms with Gasteiger partial charge in [-0.15, -0.1) is 0 Å². The smallest absolute Gasteiger partial charge is 0.178 e. The summed E-state index contributed by atoms with van der Waals surface area (Å²) in [4.78, 5) is 0. The van der Waals surface area contributed by atoms with Crippen molar-refractivity contribution in [3.8, 4) is 0 Å². The molecule has 0 saturated heterocycles. The zero-order valence-corrected chi connectivity index (χ0v) is 15.3. The van der Waals surface area contributed by atoms with E-state index in [1.807, 2.05) is 0 Å². The Morgan fingerprint density at radius 2 is 1.56 bits per heavy atom. The van der Waals surface area contributed by atoms with Crippen molar-refractivity contribution in [2.24, 2.45) is 0 Å². The Morgan fingerprint density at radius 1 is 1.00 bits per heavy atom. The Kier molecular flexibility index (Phi) is 7.32. The molecule has 5 heteroatoms. The van der Waals surface area contributed by atoms with E-state index >= 15 is 0 Å². The molecular formula is C13H32O3Si2. The maximum absolute atomic E-state index is 8.63. The van der Waals surface area contributed by atoms with Gasteiger partial charge in [-0.2, -0.15) is 0 Å². The van der Waals surface area contributed by atoms with Gasteiger partial charge in [-0.25, -0.2) is 0 Å². The van der Waals surface area contributed by atoms with Gasteiger partial charge in [-0.05, 0) is 43.7 Å². The number of rotatable bonds is 8. The monoisotopic (exact) mass is 292 g/mol. The van der Waals surface area contributed by atoms with Crippen LogP contribution in [0, 0.1) is 0 Å². The molecule has 0 amide bonds. The summed E-state index contributed by atoms with van der Waals surface area (Å²) in [5, 5.41) is 8.91. The van der Waals surface area contributed by atoms with E-state index in [1.54, 1.807) is 0 Å². The van der Waals surface area contributed by atoms with E-state index in [-0.39, 0.29) is 11.6 Å². The van der Waals surface area contributed by atoms with Gasteiger partial charge in [0.2, 0.25) is 0 Å². The average Bonchev–Trinajstić information content (AvgIpc) is 2.13. The minimum absolute atomic E-state index is 0.112. The predicted molar refractivity (Wildman–Crippen MR) is 83.1 cm³/mol. The zero-order chi connectivity index (χ0) is 14.4. The molecule has 0 aliphatic rings. The molecule has 0 aliphatic carbocycles. The van der Waals surface area contributed by atoms with Crippen molar-refractivity contribution in [1.82, 2.24) is 0 Å². The van der Waals surface area contributed by atoms with E-state index in [0.717, 1.165) is 19.1 Å². The Balaban J connectivity index is 4.14. The van der Waals surface area contributed by atoms with Crippen LogP contribution in [0.2, 0.25) is 37.3 Å². The minimum atomic E-state index is -1.63. The Hall–Kier alpha value is 0.314. The number of hydrogen-bond acceptors (Lipinski definition) is 3. The Morgan fingerprint density at radius 3 is 2.00 bits per heavy atom. The topological polar surface area (TPSA) is 38.7 Å². The molecule has 0 bridgehead atoms. The number of hydrogen-bond donors (Lipinski definition) is 1. The molecule has 0 saturated carbocycles. The van der Waals surface area contributed by atoms with Crippen molar-refractivity contribution in [1.29, 1.82) is 0 Å². The van der Waals surface area contributed by atoms with Gasteiger partial charge in [-0.1, -0.05) is 20.8 Å². The van der Waals surface area contributed by atoms with Crippen LogP contribution in [0.25, 0.3) is 0 Å². The molecule has 0 unspecified atom stereocenters. The van der Waals surface area contributed by atoms with Crippen LogP contribution < -0.4 is 0 Å². The van der Waals surface area contributed by atoms with E-state index < -0.39 is 16.6 Å². The lowest BCUT2D eigenvalue weighted by atomic mass is 10.2. The van der Waals surface area contributed by atoms with Crippen molar-refractivity contribution in [3.63, 3.8) is 0 Å². The fraction of sp³-hybridized carbons (Fsp3) is 1.00. The Bertz CT molecular complexity index is 235. The summed E-state index contributed by atoms with van der Waals surface area (Å²) in [6.45, 7) is 17.4. The second-order valence-corrected chi connectivity index (χ2v) is 16.4. The van der Waals surface area contributed by atoms with Crippen LogP contribution >= 0.6 is 0 Å². The van der Waals surface area contributed by atoms with E-state index in [0.29, 0.717) is 6.61 Å². The summed E-state index contributed by atoms with van der Waals surface area (Å²) in [6.07, 6.45) is 1.04. The van der Waals surface area contributed by atoms with E-state index in [2.05, 4.69) is 47.0 Å². The first-order valence-electron chi connectivity index (χ1n) is 6.91. The highest BCUT2D eigenvalue weighted by Crippen LogP contribution is 2.39. The molecule has 0 radical (unpaired) electrons. The van der Waals surface area contributed by atoms with Crippen molar-refractivity contribution >= 4 is 16.6 Å². The quantitative estimate of drug-likeness (QED) is 0.548. The van der Waals surface area contributed by atoms with Gasteiger partial charge >= 0.3 is 0 Å². The maximum atomic E-state index is 8.63.